The summed E-state index contributed by atoms with van der Waals surface area (Å²) in [6.45, 7) is 10.5. The van der Waals surface area contributed by atoms with Crippen LogP contribution in [0.25, 0.3) is 6.08 Å². The number of carbonyl (C=O) groups is 1. The van der Waals surface area contributed by atoms with Gasteiger partial charge in [0.2, 0.25) is 5.90 Å². The van der Waals surface area contributed by atoms with Crippen LogP contribution >= 0.6 is 0 Å². The minimum absolute atomic E-state index is 0.0531. The van der Waals surface area contributed by atoms with E-state index in [-0.39, 0.29) is 11.1 Å². The molecule has 1 aliphatic heterocycles. The Bertz CT molecular complexity index is 979. The summed E-state index contributed by atoms with van der Waals surface area (Å²) < 4.78 is 16.3. The molecule has 0 fully saturated rings. The molecule has 0 spiro atoms. The summed E-state index contributed by atoms with van der Waals surface area (Å²) in [5, 5.41) is 0. The molecule has 2 aromatic rings. The van der Waals surface area contributed by atoms with Gasteiger partial charge in [-0.25, -0.2) is 9.79 Å². The molecule has 5 nitrogen and oxygen atoms in total. The van der Waals surface area contributed by atoms with Crippen molar-refractivity contribution < 1.29 is 19.0 Å². The highest BCUT2D eigenvalue weighted by Crippen LogP contribution is 2.30. The molecule has 1 heterocycles. The number of carbonyl (C=O) groups excluding carboxylic acids is 1. The number of aliphatic imine (C=N–C) groups is 1. The Hall–Kier alpha value is -3.34. The van der Waals surface area contributed by atoms with E-state index in [2.05, 4.69) is 32.3 Å². The number of hydrogen-bond acceptors (Lipinski definition) is 5. The van der Waals surface area contributed by atoms with Gasteiger partial charge in [0, 0.05) is 5.56 Å². The monoisotopic (exact) mass is 391 g/mol. The smallest absolute Gasteiger partial charge is 0.363 e. The van der Waals surface area contributed by atoms with Crippen LogP contribution in [0.5, 0.6) is 11.5 Å². The number of hydrogen-bond donors (Lipinski definition) is 0. The van der Waals surface area contributed by atoms with Crippen molar-refractivity contribution in [2.45, 2.75) is 26.2 Å². The fraction of sp³-hybridized carbons (Fsp3) is 0.250. The number of nitrogens with zero attached hydrogens (tertiary/aromatic N) is 1. The minimum Gasteiger partial charge on any atom is -0.493 e. The summed E-state index contributed by atoms with van der Waals surface area (Å²) >= 11 is 0. The zero-order chi connectivity index (χ0) is 21.0. The Morgan fingerprint density at radius 2 is 1.83 bits per heavy atom. The molecule has 1 aliphatic rings. The van der Waals surface area contributed by atoms with Crippen molar-refractivity contribution in [1.29, 1.82) is 0 Å². The van der Waals surface area contributed by atoms with Gasteiger partial charge < -0.3 is 14.2 Å². The van der Waals surface area contributed by atoms with E-state index in [4.69, 9.17) is 14.2 Å². The lowest BCUT2D eigenvalue weighted by Crippen LogP contribution is -2.11. The number of rotatable bonds is 6. The van der Waals surface area contributed by atoms with Crippen LogP contribution in [0.2, 0.25) is 0 Å². The van der Waals surface area contributed by atoms with Crippen molar-refractivity contribution in [2.75, 3.05) is 13.7 Å². The highest BCUT2D eigenvalue weighted by Gasteiger charge is 2.24. The van der Waals surface area contributed by atoms with E-state index < -0.39 is 5.97 Å². The summed E-state index contributed by atoms with van der Waals surface area (Å²) in [4.78, 5) is 16.7. The normalized spacial score (nSPS) is 15.1. The SMILES string of the molecule is C=CCOc1cc(/C=C2/N=C(c3ccc(C(C)(C)C)cc3)OC2=O)ccc1OC. The van der Waals surface area contributed by atoms with Gasteiger partial charge in [0.25, 0.3) is 0 Å². The first-order valence-electron chi connectivity index (χ1n) is 9.37. The number of esters is 1. The number of benzene rings is 2. The van der Waals surface area contributed by atoms with E-state index in [1.54, 1.807) is 31.4 Å². The molecule has 150 valence electrons. The van der Waals surface area contributed by atoms with E-state index in [0.717, 1.165) is 11.1 Å². The van der Waals surface area contributed by atoms with Crippen LogP contribution in [-0.4, -0.2) is 25.6 Å². The Morgan fingerprint density at radius 3 is 2.45 bits per heavy atom. The molecule has 0 aromatic heterocycles. The van der Waals surface area contributed by atoms with E-state index in [0.29, 0.717) is 24.0 Å². The van der Waals surface area contributed by atoms with Crippen molar-refractivity contribution in [3.8, 4) is 11.5 Å². The fourth-order valence-electron chi connectivity index (χ4n) is 2.85. The van der Waals surface area contributed by atoms with Crippen molar-refractivity contribution in [3.63, 3.8) is 0 Å². The van der Waals surface area contributed by atoms with Crippen LogP contribution in [-0.2, 0) is 14.9 Å². The van der Waals surface area contributed by atoms with Gasteiger partial charge in [0.15, 0.2) is 17.2 Å². The Balaban J connectivity index is 1.87. The summed E-state index contributed by atoms with van der Waals surface area (Å²) in [6.07, 6.45) is 3.32. The lowest BCUT2D eigenvalue weighted by molar-refractivity contribution is -0.129. The molecule has 0 unspecified atom stereocenters. The lowest BCUT2D eigenvalue weighted by atomic mass is 9.87. The van der Waals surface area contributed by atoms with Gasteiger partial charge in [-0.1, -0.05) is 51.6 Å². The van der Waals surface area contributed by atoms with Crippen LogP contribution < -0.4 is 9.47 Å². The quantitative estimate of drug-likeness (QED) is 0.399. The van der Waals surface area contributed by atoms with E-state index in [9.17, 15) is 4.79 Å². The molecule has 0 bridgehead atoms. The van der Waals surface area contributed by atoms with Gasteiger partial charge in [-0.2, -0.15) is 0 Å². The van der Waals surface area contributed by atoms with Gasteiger partial charge in [0.05, 0.1) is 7.11 Å². The lowest BCUT2D eigenvalue weighted by Gasteiger charge is -2.18. The Labute approximate surface area is 171 Å². The summed E-state index contributed by atoms with van der Waals surface area (Å²) in [6, 6.07) is 13.3. The zero-order valence-corrected chi connectivity index (χ0v) is 17.2. The van der Waals surface area contributed by atoms with Crippen LogP contribution in [0.3, 0.4) is 0 Å². The van der Waals surface area contributed by atoms with Gasteiger partial charge in [-0.3, -0.25) is 0 Å². The second-order valence-electron chi connectivity index (χ2n) is 7.67. The second-order valence-corrected chi connectivity index (χ2v) is 7.67. The number of methoxy groups -OCH3 is 1. The molecule has 5 heteroatoms. The Morgan fingerprint density at radius 1 is 1.10 bits per heavy atom. The average molecular weight is 391 g/mol. The fourth-order valence-corrected chi connectivity index (χ4v) is 2.85. The molecule has 0 aliphatic carbocycles. The maximum Gasteiger partial charge on any atom is 0.363 e. The van der Waals surface area contributed by atoms with Crippen molar-refractivity contribution in [2.24, 2.45) is 4.99 Å². The van der Waals surface area contributed by atoms with Crippen molar-refractivity contribution in [3.05, 3.63) is 77.5 Å². The van der Waals surface area contributed by atoms with Gasteiger partial charge in [-0.15, -0.1) is 0 Å². The van der Waals surface area contributed by atoms with Crippen molar-refractivity contribution >= 4 is 17.9 Å². The molecule has 0 N–H and O–H groups in total. The average Bonchev–Trinajstić information content (AvgIpc) is 3.06. The molecular weight excluding hydrogens is 366 g/mol. The molecule has 3 rings (SSSR count). The molecule has 0 radical (unpaired) electrons. The minimum atomic E-state index is -0.482. The number of ether oxygens (including phenoxy) is 3. The zero-order valence-electron chi connectivity index (χ0n) is 17.2. The van der Waals surface area contributed by atoms with E-state index >= 15 is 0 Å². The third-order valence-corrected chi connectivity index (χ3v) is 4.47. The maximum absolute atomic E-state index is 12.3. The van der Waals surface area contributed by atoms with E-state index in [1.807, 2.05) is 30.3 Å². The first-order valence-corrected chi connectivity index (χ1v) is 9.37. The molecule has 0 amide bonds. The van der Waals surface area contributed by atoms with Gasteiger partial charge in [-0.05, 0) is 46.9 Å². The predicted octanol–water partition coefficient (Wildman–Crippen LogP) is 4.90. The first-order chi connectivity index (χ1) is 13.8. The van der Waals surface area contributed by atoms with Crippen LogP contribution in [0.4, 0.5) is 0 Å². The van der Waals surface area contributed by atoms with Crippen LogP contribution in [0.15, 0.2) is 65.8 Å². The summed E-state index contributed by atoms with van der Waals surface area (Å²) in [5.41, 5.74) is 3.01. The molecule has 0 saturated carbocycles. The number of cyclic esters (lactones) is 1. The maximum atomic E-state index is 12.3. The third kappa shape index (κ3) is 4.74. The molecular formula is C24H25NO4. The van der Waals surface area contributed by atoms with Crippen molar-refractivity contribution in [1.82, 2.24) is 0 Å². The van der Waals surface area contributed by atoms with Gasteiger partial charge >= 0.3 is 5.97 Å². The molecule has 29 heavy (non-hydrogen) atoms. The molecule has 0 atom stereocenters. The first kappa shape index (κ1) is 20.4. The van der Waals surface area contributed by atoms with Crippen LogP contribution in [0.1, 0.15) is 37.5 Å². The third-order valence-electron chi connectivity index (χ3n) is 4.47. The van der Waals surface area contributed by atoms with Gasteiger partial charge in [0.1, 0.15) is 6.61 Å². The molecule has 2 aromatic carbocycles. The molecule has 0 saturated heterocycles. The second kappa shape index (κ2) is 8.35. The largest absolute Gasteiger partial charge is 0.493 e. The summed E-state index contributed by atoms with van der Waals surface area (Å²) in [7, 11) is 1.57. The van der Waals surface area contributed by atoms with Crippen LogP contribution in [0, 0.1) is 0 Å². The van der Waals surface area contributed by atoms with E-state index in [1.165, 1.54) is 5.56 Å². The highest BCUT2D eigenvalue weighted by atomic mass is 16.6. The summed E-state index contributed by atoms with van der Waals surface area (Å²) in [5.74, 6) is 0.990. The topological polar surface area (TPSA) is 57.1 Å². The standard InChI is InChI=1S/C24H25NO4/c1-6-13-28-21-15-16(7-12-20(21)27-5)14-19-23(26)29-22(25-19)17-8-10-18(11-9-17)24(2,3)4/h6-12,14-15H,1,13H2,2-5H3/b19-14+. The highest BCUT2D eigenvalue weighted by molar-refractivity contribution is 6.12. The predicted molar refractivity (Wildman–Crippen MR) is 114 cm³/mol. The Kier molecular flexibility index (Phi) is 5.87.